The molecule has 246 valence electrons. The zero-order valence-corrected chi connectivity index (χ0v) is 26.7. The maximum absolute atomic E-state index is 15.1. The lowest BCUT2D eigenvalue weighted by Crippen LogP contribution is -2.56. The number of benzene rings is 1. The Morgan fingerprint density at radius 1 is 1.06 bits per heavy atom. The van der Waals surface area contributed by atoms with Crippen LogP contribution in [0.15, 0.2) is 42.7 Å². The van der Waals surface area contributed by atoms with Crippen LogP contribution in [0.25, 0.3) is 15.6 Å². The van der Waals surface area contributed by atoms with Gasteiger partial charge in [0.2, 0.25) is 12.5 Å². The minimum Gasteiger partial charge on any atom is -0.461 e. The van der Waals surface area contributed by atoms with E-state index < -0.39 is 0 Å². The van der Waals surface area contributed by atoms with Crippen LogP contribution in [0.4, 0.5) is 15.9 Å². The van der Waals surface area contributed by atoms with Gasteiger partial charge in [0.15, 0.2) is 0 Å². The Kier molecular flexibility index (Phi) is 9.44. The molecule has 0 N–H and O–H groups in total. The molecule has 1 aromatic carbocycles. The number of rotatable bonds is 11. The molecule has 3 fully saturated rings. The van der Waals surface area contributed by atoms with Crippen molar-refractivity contribution < 1.29 is 18.7 Å². The number of fused-ring (bicyclic) bond motifs is 2. The lowest BCUT2D eigenvalue weighted by molar-refractivity contribution is -0.128. The van der Waals surface area contributed by atoms with Gasteiger partial charge in [-0.15, -0.1) is 0 Å². The molecule has 47 heavy (non-hydrogen) atoms. The topological polar surface area (TPSA) is 91.5 Å². The van der Waals surface area contributed by atoms with Gasteiger partial charge in [-0.1, -0.05) is 18.2 Å². The summed E-state index contributed by atoms with van der Waals surface area (Å²) in [7, 11) is 0. The molecule has 0 spiro atoms. The summed E-state index contributed by atoms with van der Waals surface area (Å²) >= 11 is 0. The second kappa shape index (κ2) is 14.2. The van der Waals surface area contributed by atoms with Crippen LogP contribution < -0.4 is 14.5 Å². The number of aromatic nitrogens is 3. The first kappa shape index (κ1) is 31.3. The zero-order valence-electron chi connectivity index (χ0n) is 26.7. The summed E-state index contributed by atoms with van der Waals surface area (Å²) in [5.41, 5.74) is 2.56. The van der Waals surface area contributed by atoms with Crippen molar-refractivity contribution in [3.8, 4) is 6.01 Å². The highest BCUT2D eigenvalue weighted by Crippen LogP contribution is 2.35. The second-order valence-corrected chi connectivity index (χ2v) is 12.7. The number of carbonyl (C=O) groups excluding carboxylic acids is 1. The summed E-state index contributed by atoms with van der Waals surface area (Å²) in [5, 5.41) is 1.30. The fraction of sp³-hybridized carbons (Fsp3) is 0.514. The fourth-order valence-electron chi connectivity index (χ4n) is 6.88. The van der Waals surface area contributed by atoms with Crippen LogP contribution in [0.1, 0.15) is 36.9 Å². The average molecular weight is 641 g/mol. The smallest absolute Gasteiger partial charge is 0.318 e. The number of pyridine rings is 1. The third-order valence-electron chi connectivity index (χ3n) is 9.46. The third kappa shape index (κ3) is 7.16. The molecule has 1 atom stereocenters. The summed E-state index contributed by atoms with van der Waals surface area (Å²) in [6.07, 6.45) is 12.6. The molecule has 7 rings (SSSR count). The predicted molar refractivity (Wildman–Crippen MR) is 177 cm³/mol. The molecule has 4 aliphatic rings. The van der Waals surface area contributed by atoms with Gasteiger partial charge < -0.3 is 29.0 Å². The van der Waals surface area contributed by atoms with Crippen molar-refractivity contribution in [2.75, 3.05) is 75.4 Å². The minimum absolute atomic E-state index is 0.0477. The largest absolute Gasteiger partial charge is 0.461 e. The third-order valence-corrected chi connectivity index (χ3v) is 9.46. The molecule has 11 nitrogen and oxygen atoms in total. The lowest BCUT2D eigenvalue weighted by Gasteiger charge is -2.41. The molecule has 5 heterocycles. The maximum Gasteiger partial charge on any atom is 0.318 e. The first-order chi connectivity index (χ1) is 23.1. The number of amides is 1. The summed E-state index contributed by atoms with van der Waals surface area (Å²) in [6.45, 7) is 14.2. The van der Waals surface area contributed by atoms with Crippen LogP contribution in [0.2, 0.25) is 0 Å². The Bertz CT molecular complexity index is 1660. The molecule has 1 saturated carbocycles. The van der Waals surface area contributed by atoms with Gasteiger partial charge in [-0.05, 0) is 51.3 Å². The number of hydrogen-bond donors (Lipinski definition) is 0. The van der Waals surface area contributed by atoms with Gasteiger partial charge in [-0.2, -0.15) is 9.97 Å². The van der Waals surface area contributed by atoms with E-state index in [1.807, 2.05) is 17.0 Å². The molecule has 3 aliphatic heterocycles. The van der Waals surface area contributed by atoms with Crippen molar-refractivity contribution in [1.82, 2.24) is 24.8 Å². The molecule has 2 aromatic heterocycles. The van der Waals surface area contributed by atoms with Crippen molar-refractivity contribution in [3.63, 3.8) is 0 Å². The fourth-order valence-corrected chi connectivity index (χ4v) is 6.88. The Balaban J connectivity index is 1.13. The SMILES string of the molecule is [C-]#[N+]C[C@H]1CN(c2nc(OCCOC3CC3)nc3c2CCN(c2cncc4cccc(F)c24)C3)CCN1C(=O)/C=C/CN1CCCC1. The van der Waals surface area contributed by atoms with Gasteiger partial charge in [-0.3, -0.25) is 14.7 Å². The Labute approximate surface area is 274 Å². The molecule has 1 amide bonds. The second-order valence-electron chi connectivity index (χ2n) is 12.7. The summed E-state index contributed by atoms with van der Waals surface area (Å²) in [6, 6.07) is 5.05. The molecular formula is C35H41FN8O3. The number of halogens is 1. The molecule has 3 aromatic rings. The zero-order chi connectivity index (χ0) is 32.2. The average Bonchev–Trinajstić information content (AvgIpc) is 3.77. The number of ether oxygens (including phenoxy) is 2. The number of nitrogens with zero attached hydrogens (tertiary/aromatic N) is 8. The van der Waals surface area contributed by atoms with Crippen molar-refractivity contribution in [1.29, 1.82) is 0 Å². The Hall–Kier alpha value is -4.34. The number of likely N-dealkylation sites (tertiary alicyclic amines) is 1. The van der Waals surface area contributed by atoms with Crippen LogP contribution in [0, 0.1) is 12.4 Å². The molecule has 0 bridgehead atoms. The molecule has 2 saturated heterocycles. The van der Waals surface area contributed by atoms with Crippen LogP contribution in [0.5, 0.6) is 6.01 Å². The van der Waals surface area contributed by atoms with E-state index in [-0.39, 0.29) is 30.3 Å². The van der Waals surface area contributed by atoms with Crippen LogP contribution in [0.3, 0.4) is 0 Å². The molecule has 1 aliphatic carbocycles. The number of hydrogen-bond acceptors (Lipinski definition) is 9. The molecule has 0 unspecified atom stereocenters. The number of carbonyl (C=O) groups is 1. The van der Waals surface area contributed by atoms with Gasteiger partial charge in [0.1, 0.15) is 24.3 Å². The lowest BCUT2D eigenvalue weighted by atomic mass is 10.0. The highest BCUT2D eigenvalue weighted by Gasteiger charge is 2.35. The van der Waals surface area contributed by atoms with Crippen LogP contribution in [-0.4, -0.2) is 108 Å². The van der Waals surface area contributed by atoms with E-state index >= 15 is 4.39 Å². The number of anilines is 2. The first-order valence-corrected chi connectivity index (χ1v) is 16.8. The van der Waals surface area contributed by atoms with E-state index in [2.05, 4.69) is 24.5 Å². The van der Waals surface area contributed by atoms with Gasteiger partial charge in [0.25, 0.3) is 0 Å². The predicted octanol–water partition coefficient (Wildman–Crippen LogP) is 3.87. The highest BCUT2D eigenvalue weighted by molar-refractivity contribution is 5.94. The van der Waals surface area contributed by atoms with Crippen LogP contribution in [-0.2, 0) is 22.5 Å². The maximum atomic E-state index is 15.1. The quantitative estimate of drug-likeness (QED) is 0.176. The summed E-state index contributed by atoms with van der Waals surface area (Å²) in [5.74, 6) is 0.452. The van der Waals surface area contributed by atoms with E-state index in [1.54, 1.807) is 24.5 Å². The van der Waals surface area contributed by atoms with Gasteiger partial charge >= 0.3 is 6.01 Å². The van der Waals surface area contributed by atoms with Crippen molar-refractivity contribution >= 4 is 28.2 Å². The van der Waals surface area contributed by atoms with Crippen molar-refractivity contribution in [2.45, 2.75) is 50.8 Å². The summed E-state index contributed by atoms with van der Waals surface area (Å²) in [4.78, 5) is 39.6. The molecular weight excluding hydrogens is 599 g/mol. The number of piperazine rings is 1. The van der Waals surface area contributed by atoms with E-state index in [4.69, 9.17) is 26.0 Å². The Morgan fingerprint density at radius 2 is 1.94 bits per heavy atom. The normalized spacial score (nSPS) is 20.2. The molecule has 0 radical (unpaired) electrons. The van der Waals surface area contributed by atoms with Gasteiger partial charge in [-0.25, -0.2) is 11.0 Å². The van der Waals surface area contributed by atoms with Crippen LogP contribution >= 0.6 is 0 Å². The van der Waals surface area contributed by atoms with E-state index in [0.717, 1.165) is 60.6 Å². The standard InChI is InChI=1S/C35H41FN8O3/c1-37-21-26-23-43(16-17-44(26)32(45)8-5-14-41-12-2-3-13-41)34-28-11-15-42(31-22-38-20-25-6-4-7-29(36)33(25)31)24-30(28)39-35(40-34)47-19-18-46-27-9-10-27/h4-8,20,22,26-27H,2-3,9-19,21,23-24H2/b8-5+/t26-/m0/s1. The minimum atomic E-state index is -0.280. The van der Waals surface area contributed by atoms with E-state index in [1.165, 1.54) is 18.9 Å². The first-order valence-electron chi connectivity index (χ1n) is 16.8. The van der Waals surface area contributed by atoms with Gasteiger partial charge in [0.05, 0.1) is 36.8 Å². The van der Waals surface area contributed by atoms with E-state index in [0.29, 0.717) is 63.8 Å². The van der Waals surface area contributed by atoms with Crippen molar-refractivity contribution in [3.05, 3.63) is 71.2 Å². The Morgan fingerprint density at radius 3 is 2.77 bits per heavy atom. The van der Waals surface area contributed by atoms with E-state index in [9.17, 15) is 4.79 Å². The monoisotopic (exact) mass is 640 g/mol. The highest BCUT2D eigenvalue weighted by atomic mass is 19.1. The van der Waals surface area contributed by atoms with Gasteiger partial charge in [0, 0.05) is 61.3 Å². The molecule has 12 heteroatoms. The van der Waals surface area contributed by atoms with Crippen molar-refractivity contribution in [2.24, 2.45) is 0 Å². The summed E-state index contributed by atoms with van der Waals surface area (Å²) < 4.78 is 26.9.